The second-order valence-corrected chi connectivity index (χ2v) is 26.4. The number of hydrogen-bond acceptors (Lipinski definition) is 22. The topological polar surface area (TPSA) is 612 Å². The Morgan fingerprint density at radius 3 is 1.71 bits per heavy atom. The van der Waals surface area contributed by atoms with E-state index in [1.54, 1.807) is 91.9 Å². The van der Waals surface area contributed by atoms with Crippen LogP contribution in [0.25, 0.3) is 6.08 Å². The van der Waals surface area contributed by atoms with Crippen molar-refractivity contribution in [1.82, 2.24) is 73.4 Å². The van der Waals surface area contributed by atoms with Crippen molar-refractivity contribution in [3.05, 3.63) is 142 Å². The highest BCUT2D eigenvalue weighted by Crippen LogP contribution is 2.17. The maximum Gasteiger partial charge on any atom is 0.326 e. The minimum atomic E-state index is -2.65. The number of aliphatic hydroxyl groups excluding tert-OH is 6. The van der Waals surface area contributed by atoms with Gasteiger partial charge in [0.05, 0.1) is 69.0 Å². The normalized spacial score (nSPS) is 25.5. The highest BCUT2D eigenvalue weighted by Gasteiger charge is 2.40. The number of fused-ring (bicyclic) bond motifs is 2. The third kappa shape index (κ3) is 27.2. The number of halogens is 1. The van der Waals surface area contributed by atoms with Gasteiger partial charge in [0.15, 0.2) is 6.10 Å². The number of aliphatic hydroxyl groups is 6. The number of aliphatic carboxylic acids is 1. The van der Waals surface area contributed by atoms with Gasteiger partial charge in [-0.15, -0.1) is 0 Å². The third-order valence-electron chi connectivity index (χ3n) is 16.7. The fraction of sp³-hybridized carbons (Fsp3) is 0.420. The number of primary amides is 2. The number of rotatable bonds is 16. The van der Waals surface area contributed by atoms with Crippen LogP contribution in [-0.2, 0) is 97.7 Å². The van der Waals surface area contributed by atoms with Crippen LogP contribution in [0.4, 0.5) is 0 Å². The molecule has 1 aromatic heterocycles. The molecule has 2 aliphatic heterocycles. The van der Waals surface area contributed by atoms with Crippen molar-refractivity contribution in [1.29, 1.82) is 0 Å². The van der Waals surface area contributed by atoms with Gasteiger partial charge < -0.3 is 116 Å². The summed E-state index contributed by atoms with van der Waals surface area (Å²) in [6.45, 7) is -1.28. The Balaban J connectivity index is 1.49. The first-order chi connectivity index (χ1) is 51.2. The molecule has 3 heterocycles. The average Bonchev–Trinajstić information content (AvgIpc) is 1.20. The summed E-state index contributed by atoms with van der Waals surface area (Å²) in [5.74, 6) is -20.1. The molecule has 4 aromatic rings. The number of aromatic nitrogens is 2. The largest absolute Gasteiger partial charge is 0.480 e. The molecule has 0 aliphatic carbocycles. The van der Waals surface area contributed by atoms with Gasteiger partial charge in [0.2, 0.25) is 82.7 Å². The van der Waals surface area contributed by atoms with Crippen LogP contribution in [0, 0.1) is 0 Å². The Kier molecular flexibility index (Phi) is 32.9. The lowest BCUT2D eigenvalue weighted by Gasteiger charge is -2.28. The first kappa shape index (κ1) is 85.6. The van der Waals surface area contributed by atoms with Crippen molar-refractivity contribution >= 4 is 111 Å². The number of nitrogens with two attached hydrogens (primary N) is 2. The maximum atomic E-state index is 14.9. The van der Waals surface area contributed by atoms with Gasteiger partial charge in [-0.3, -0.25) is 67.1 Å². The first-order valence-electron chi connectivity index (χ1n) is 33.7. The molecule has 0 fully saturated rings. The summed E-state index contributed by atoms with van der Waals surface area (Å²) in [5, 5.41) is 104. The van der Waals surface area contributed by atoms with E-state index in [0.717, 1.165) is 34.1 Å². The van der Waals surface area contributed by atoms with E-state index in [4.69, 9.17) is 11.5 Å². The molecule has 108 heavy (non-hydrogen) atoms. The number of benzene rings is 3. The number of amides is 14. The van der Waals surface area contributed by atoms with Crippen LogP contribution >= 0.6 is 15.9 Å². The number of carbonyl (C=O) groups excluding carboxylic acids is 14. The van der Waals surface area contributed by atoms with Gasteiger partial charge in [0, 0.05) is 55.7 Å². The average molecular weight is 1570 g/mol. The predicted molar refractivity (Wildman–Crippen MR) is 380 cm³/mol. The number of hydrogen-bond donors (Lipinski definition) is 21. The van der Waals surface area contributed by atoms with E-state index in [9.17, 15) is 108 Å². The van der Waals surface area contributed by atoms with E-state index in [-0.39, 0.29) is 18.5 Å². The number of allylic oxidation sites excluding steroid dienone is 2. The fourth-order valence-electron chi connectivity index (χ4n) is 11.0. The Morgan fingerprint density at radius 2 is 1.12 bits per heavy atom. The molecule has 38 nitrogen and oxygen atoms in total. The van der Waals surface area contributed by atoms with Crippen molar-refractivity contribution in [2.75, 3.05) is 19.8 Å². The van der Waals surface area contributed by atoms with Gasteiger partial charge in [0.1, 0.15) is 60.4 Å². The quantitative estimate of drug-likeness (QED) is 0.0463. The molecule has 0 saturated heterocycles. The summed E-state index contributed by atoms with van der Waals surface area (Å²) in [7, 11) is 0. The smallest absolute Gasteiger partial charge is 0.326 e. The van der Waals surface area contributed by atoms with Crippen LogP contribution in [0.5, 0.6) is 0 Å². The summed E-state index contributed by atoms with van der Waals surface area (Å²) >= 11 is 3.37. The van der Waals surface area contributed by atoms with E-state index in [0.29, 0.717) is 16.7 Å². The Hall–Kier alpha value is -11.4. The molecule has 582 valence electrons. The van der Waals surface area contributed by atoms with E-state index in [2.05, 4.69) is 79.4 Å². The molecule has 39 heteroatoms. The molecule has 15 atom stereocenters. The number of carboxylic acid groups (broad SMARTS) is 1. The van der Waals surface area contributed by atoms with Gasteiger partial charge in [0.25, 0.3) is 0 Å². The lowest BCUT2D eigenvalue weighted by Crippen LogP contribution is -2.63. The predicted octanol–water partition coefficient (Wildman–Crippen LogP) is -7.74. The molecule has 0 radical (unpaired) electrons. The molecule has 0 unspecified atom stereocenters. The second kappa shape index (κ2) is 41.5. The van der Waals surface area contributed by atoms with Crippen molar-refractivity contribution in [3.8, 4) is 0 Å². The van der Waals surface area contributed by atoms with Crippen LogP contribution in [0.15, 0.2) is 120 Å². The van der Waals surface area contributed by atoms with E-state index in [1.807, 2.05) is 5.32 Å². The van der Waals surface area contributed by atoms with Crippen molar-refractivity contribution in [3.63, 3.8) is 0 Å². The van der Waals surface area contributed by atoms with E-state index >= 15 is 0 Å². The first-order valence-corrected chi connectivity index (χ1v) is 34.5. The molecule has 2 aliphatic rings. The number of imidazole rings is 1. The molecule has 4 bridgehead atoms. The zero-order valence-electron chi connectivity index (χ0n) is 58.3. The lowest BCUT2D eigenvalue weighted by atomic mass is 10.0. The summed E-state index contributed by atoms with van der Waals surface area (Å²) in [6.07, 6.45) is -7.78. The molecule has 0 saturated carbocycles. The minimum absolute atomic E-state index is 0.203. The molecule has 23 N–H and O–H groups in total. The van der Waals surface area contributed by atoms with Crippen molar-refractivity contribution in [2.45, 2.75) is 163 Å². The fourth-order valence-corrected chi connectivity index (χ4v) is 11.3. The van der Waals surface area contributed by atoms with Gasteiger partial charge in [-0.05, 0) is 42.7 Å². The van der Waals surface area contributed by atoms with Crippen LogP contribution < -0.4 is 75.3 Å². The number of nitrogens with one attached hydrogen (secondary N) is 12. The molecule has 0 spiro atoms. The van der Waals surface area contributed by atoms with E-state index in [1.165, 1.54) is 18.2 Å². The monoisotopic (exact) mass is 1570 g/mol. The molecule has 14 amide bonds. The summed E-state index contributed by atoms with van der Waals surface area (Å²) in [5.41, 5.74) is 12.7. The zero-order valence-corrected chi connectivity index (χ0v) is 59.9. The van der Waals surface area contributed by atoms with Crippen LogP contribution in [0.3, 0.4) is 0 Å². The standard InChI is InChI=1S/C69H87BrN16O22/c1-34(13-14-36-15-17-39(70)18-16-36)21-51(91)42-28-55(95)77-49(31-87)65(103)82-48-30-86-29-40(74-33-86)24-45(62(100)84-56(35(2)89)67(105)83-50(32-88)66(104)79-44(61(99)78-42)23-38-11-7-4-8-12-38)75-54(94)26-41(90)25-47(69(107)108)76-53(93)19-20-73-60(98)43(22-37-9-5-3-6-10-37)81-68(106)57(58(96)59(72)97)85-63(101)46(27-52(71)92)80-64(48)102/h3-18,21,29,33,35,41-51,56-58,87-91,96H,19-20,22-28,30-32H2,1-2H3,(H2,71,92)(H2,72,97)(H,73,98)(H,75,94)(H,76,93)(H,77,95)(H,78,99)(H,79,104)(H,80,102)(H,81,106)(H,82,103)(H,83,105)(H,84,100)(H,85,101)(H,107,108)/t35-,41+,42-,43-,44-,45-,46-,47-,48+,49-,50-,51-,56-,57-,58+/m0/s1. The minimum Gasteiger partial charge on any atom is -0.480 e. The van der Waals surface area contributed by atoms with Crippen LogP contribution in [-0.4, -0.2) is 245 Å². The Labute approximate surface area is 624 Å². The maximum absolute atomic E-state index is 14.9. The van der Waals surface area contributed by atoms with E-state index < -0.39 is 244 Å². The molecular formula is C69H87BrN16O22. The van der Waals surface area contributed by atoms with Crippen molar-refractivity contribution in [2.24, 2.45) is 11.5 Å². The van der Waals surface area contributed by atoms with Gasteiger partial charge in [-0.2, -0.15) is 0 Å². The van der Waals surface area contributed by atoms with Crippen LogP contribution in [0.2, 0.25) is 0 Å². The SMILES string of the molecule is CC(C=Cc1ccc(Br)cc1)=C[C@H](O)[C@@H]1CC(=O)N[C@@H](CO)C(=O)N[C@@H]2Cn3cnc(c3)C[C@H](NC(=O)C[C@H](O)C[C@@H](C(=O)O)NC(=O)CCNC(=O)[C@H](Cc3ccccc3)NC(=O)[C@H]([C@@H](O)C(N)=O)NC(=O)[C@H](CC(N)=O)NC2=O)C(=O)N[C@@H]([C@H](C)O)C(=O)N[C@@H](CO)C(=O)N[C@@H](Cc2ccccc2)C(=O)N1. The highest BCUT2D eigenvalue weighted by molar-refractivity contribution is 9.10. The third-order valence-corrected chi connectivity index (χ3v) is 17.3. The number of carboxylic acids is 1. The lowest BCUT2D eigenvalue weighted by molar-refractivity contribution is -0.143. The Bertz CT molecular complexity index is 3960. The van der Waals surface area contributed by atoms with Gasteiger partial charge in [-0.1, -0.05) is 113 Å². The summed E-state index contributed by atoms with van der Waals surface area (Å²) in [4.78, 5) is 214. The number of carbonyl (C=O) groups is 15. The van der Waals surface area contributed by atoms with Crippen molar-refractivity contribution < 1.29 is 108 Å². The second-order valence-electron chi connectivity index (χ2n) is 25.5. The highest BCUT2D eigenvalue weighted by atomic mass is 79.9. The summed E-state index contributed by atoms with van der Waals surface area (Å²) in [6, 6.07) is 0.927. The number of nitrogens with zero attached hydrogens (tertiary/aromatic N) is 2. The summed E-state index contributed by atoms with van der Waals surface area (Å²) < 4.78 is 1.83. The molecule has 6 rings (SSSR count). The van der Waals surface area contributed by atoms with Crippen LogP contribution in [0.1, 0.15) is 68.3 Å². The zero-order chi connectivity index (χ0) is 79.5. The van der Waals surface area contributed by atoms with Gasteiger partial charge in [-0.25, -0.2) is 9.78 Å². The Morgan fingerprint density at radius 1 is 0.593 bits per heavy atom. The molecule has 3 aromatic carbocycles. The molecular weight excluding hydrogens is 1480 g/mol. The van der Waals surface area contributed by atoms with Gasteiger partial charge >= 0.3 is 5.97 Å².